The van der Waals surface area contributed by atoms with Crippen LogP contribution in [0.15, 0.2) is 45.8 Å². The summed E-state index contributed by atoms with van der Waals surface area (Å²) in [5.74, 6) is 0. The summed E-state index contributed by atoms with van der Waals surface area (Å²) in [7, 11) is 0. The molecule has 0 fully saturated rings. The standard InChI is InChI=1S/C13H11BrCl2N2O/c14-9-7-10(15)13(11(16)8-9)17-4-6-18-5-2-1-3-12(18)19/h1-3,5,7-8,17H,4,6H2. The molecule has 2 aromatic rings. The molecular formula is C13H11BrCl2N2O. The first kappa shape index (κ1) is 14.4. The molecular weight excluding hydrogens is 351 g/mol. The van der Waals surface area contributed by atoms with Crippen LogP contribution >= 0.6 is 39.1 Å². The molecule has 1 N–H and O–H groups in total. The van der Waals surface area contributed by atoms with Gasteiger partial charge in [-0.15, -0.1) is 0 Å². The van der Waals surface area contributed by atoms with Crippen molar-refractivity contribution in [3.63, 3.8) is 0 Å². The minimum Gasteiger partial charge on any atom is -0.381 e. The smallest absolute Gasteiger partial charge is 0.250 e. The van der Waals surface area contributed by atoms with Crippen LogP contribution in [-0.2, 0) is 6.54 Å². The Bertz CT molecular complexity index is 620. The van der Waals surface area contributed by atoms with E-state index in [1.165, 1.54) is 6.07 Å². The predicted octanol–water partition coefficient (Wildman–Crippen LogP) is 4.03. The topological polar surface area (TPSA) is 34.0 Å². The molecule has 1 aromatic carbocycles. The van der Waals surface area contributed by atoms with E-state index in [9.17, 15) is 4.79 Å². The molecule has 0 bridgehead atoms. The van der Waals surface area contributed by atoms with E-state index in [1.54, 1.807) is 29.0 Å². The van der Waals surface area contributed by atoms with Crippen molar-refractivity contribution in [1.82, 2.24) is 4.57 Å². The van der Waals surface area contributed by atoms with Crippen molar-refractivity contribution >= 4 is 44.8 Å². The first-order chi connectivity index (χ1) is 9.08. The second-order valence-electron chi connectivity index (χ2n) is 3.90. The fraction of sp³-hybridized carbons (Fsp3) is 0.154. The summed E-state index contributed by atoms with van der Waals surface area (Å²) in [5, 5.41) is 4.22. The molecule has 19 heavy (non-hydrogen) atoms. The zero-order valence-electron chi connectivity index (χ0n) is 9.87. The number of nitrogens with one attached hydrogen (secondary N) is 1. The summed E-state index contributed by atoms with van der Waals surface area (Å²) >= 11 is 15.5. The van der Waals surface area contributed by atoms with Crippen LogP contribution in [0.3, 0.4) is 0 Å². The Balaban J connectivity index is 2.04. The van der Waals surface area contributed by atoms with Gasteiger partial charge in [0.1, 0.15) is 0 Å². The quantitative estimate of drug-likeness (QED) is 0.891. The van der Waals surface area contributed by atoms with Crippen molar-refractivity contribution in [2.75, 3.05) is 11.9 Å². The van der Waals surface area contributed by atoms with Crippen LogP contribution in [0.25, 0.3) is 0 Å². The van der Waals surface area contributed by atoms with Crippen molar-refractivity contribution in [2.24, 2.45) is 0 Å². The van der Waals surface area contributed by atoms with Crippen molar-refractivity contribution in [2.45, 2.75) is 6.54 Å². The second kappa shape index (κ2) is 6.46. The monoisotopic (exact) mass is 360 g/mol. The molecule has 0 amide bonds. The van der Waals surface area contributed by atoms with Gasteiger partial charge in [0.25, 0.3) is 5.56 Å². The number of aromatic nitrogens is 1. The molecule has 0 saturated heterocycles. The molecule has 0 aliphatic rings. The lowest BCUT2D eigenvalue weighted by Crippen LogP contribution is -2.22. The lowest BCUT2D eigenvalue weighted by molar-refractivity contribution is 0.697. The molecule has 6 heteroatoms. The van der Waals surface area contributed by atoms with Gasteiger partial charge in [-0.3, -0.25) is 4.79 Å². The number of hydrogen-bond acceptors (Lipinski definition) is 2. The molecule has 0 aliphatic carbocycles. The third-order valence-corrected chi connectivity index (χ3v) is 3.61. The summed E-state index contributed by atoms with van der Waals surface area (Å²) in [6.07, 6.45) is 1.74. The Hall–Kier alpha value is -0.970. The van der Waals surface area contributed by atoms with Crippen LogP contribution in [-0.4, -0.2) is 11.1 Å². The van der Waals surface area contributed by atoms with E-state index in [4.69, 9.17) is 23.2 Å². The van der Waals surface area contributed by atoms with Gasteiger partial charge in [-0.2, -0.15) is 0 Å². The summed E-state index contributed by atoms with van der Waals surface area (Å²) in [6, 6.07) is 8.60. The molecule has 0 aliphatic heterocycles. The SMILES string of the molecule is O=c1ccccn1CCNc1c(Cl)cc(Br)cc1Cl. The van der Waals surface area contributed by atoms with Gasteiger partial charge in [0, 0.05) is 29.8 Å². The highest BCUT2D eigenvalue weighted by Crippen LogP contribution is 2.33. The average molecular weight is 362 g/mol. The van der Waals surface area contributed by atoms with Gasteiger partial charge in [0.2, 0.25) is 0 Å². The largest absolute Gasteiger partial charge is 0.381 e. The summed E-state index contributed by atoms with van der Waals surface area (Å²) in [6.45, 7) is 1.10. The van der Waals surface area contributed by atoms with Gasteiger partial charge in [0.05, 0.1) is 15.7 Å². The number of pyridine rings is 1. The molecule has 1 heterocycles. The first-order valence-electron chi connectivity index (χ1n) is 5.62. The Labute approximate surface area is 129 Å². The van der Waals surface area contributed by atoms with Gasteiger partial charge in [0.15, 0.2) is 0 Å². The molecule has 0 unspecified atom stereocenters. The Kier molecular flexibility index (Phi) is 4.91. The van der Waals surface area contributed by atoms with E-state index in [-0.39, 0.29) is 5.56 Å². The van der Waals surface area contributed by atoms with Gasteiger partial charge in [-0.25, -0.2) is 0 Å². The van der Waals surface area contributed by atoms with Crippen molar-refractivity contribution in [1.29, 1.82) is 0 Å². The number of hydrogen-bond donors (Lipinski definition) is 1. The minimum absolute atomic E-state index is 0.0303. The predicted molar refractivity (Wildman–Crippen MR) is 83.4 cm³/mol. The lowest BCUT2D eigenvalue weighted by Gasteiger charge is -2.11. The van der Waals surface area contributed by atoms with E-state index in [0.29, 0.717) is 28.8 Å². The van der Waals surface area contributed by atoms with Crippen molar-refractivity contribution < 1.29 is 0 Å². The highest BCUT2D eigenvalue weighted by molar-refractivity contribution is 9.10. The zero-order valence-corrected chi connectivity index (χ0v) is 13.0. The van der Waals surface area contributed by atoms with Crippen LogP contribution < -0.4 is 10.9 Å². The summed E-state index contributed by atoms with van der Waals surface area (Å²) < 4.78 is 2.44. The normalized spacial score (nSPS) is 10.5. The molecule has 0 radical (unpaired) electrons. The van der Waals surface area contributed by atoms with Crippen LogP contribution in [0.1, 0.15) is 0 Å². The third-order valence-electron chi connectivity index (χ3n) is 2.56. The average Bonchev–Trinajstić information content (AvgIpc) is 2.34. The maximum atomic E-state index is 11.5. The number of rotatable bonds is 4. The second-order valence-corrected chi connectivity index (χ2v) is 5.63. The third kappa shape index (κ3) is 3.75. The molecule has 0 atom stereocenters. The van der Waals surface area contributed by atoms with Crippen molar-refractivity contribution in [3.8, 4) is 0 Å². The van der Waals surface area contributed by atoms with Gasteiger partial charge >= 0.3 is 0 Å². The number of halogens is 3. The van der Waals surface area contributed by atoms with Crippen molar-refractivity contribution in [3.05, 3.63) is 61.4 Å². The van der Waals surface area contributed by atoms with Crippen LogP contribution in [0.4, 0.5) is 5.69 Å². The van der Waals surface area contributed by atoms with E-state index < -0.39 is 0 Å². The van der Waals surface area contributed by atoms with Crippen LogP contribution in [0.2, 0.25) is 10.0 Å². The van der Waals surface area contributed by atoms with Crippen LogP contribution in [0.5, 0.6) is 0 Å². The number of anilines is 1. The van der Waals surface area contributed by atoms with E-state index >= 15 is 0 Å². The Morgan fingerprint density at radius 2 is 1.89 bits per heavy atom. The molecule has 2 rings (SSSR count). The van der Waals surface area contributed by atoms with E-state index in [2.05, 4.69) is 21.2 Å². The first-order valence-corrected chi connectivity index (χ1v) is 7.16. The molecule has 0 spiro atoms. The molecule has 1 aromatic heterocycles. The van der Waals surface area contributed by atoms with Gasteiger partial charge in [-0.1, -0.05) is 45.2 Å². The highest BCUT2D eigenvalue weighted by atomic mass is 79.9. The van der Waals surface area contributed by atoms with Gasteiger partial charge < -0.3 is 9.88 Å². The van der Waals surface area contributed by atoms with Gasteiger partial charge in [-0.05, 0) is 18.2 Å². The zero-order chi connectivity index (χ0) is 13.8. The fourth-order valence-corrected chi connectivity index (χ4v) is 3.00. The molecule has 3 nitrogen and oxygen atoms in total. The highest BCUT2D eigenvalue weighted by Gasteiger charge is 2.06. The maximum Gasteiger partial charge on any atom is 0.250 e. The summed E-state index contributed by atoms with van der Waals surface area (Å²) in [5.41, 5.74) is 0.646. The molecule has 0 saturated carbocycles. The Morgan fingerprint density at radius 1 is 1.21 bits per heavy atom. The maximum absolute atomic E-state index is 11.5. The van der Waals surface area contributed by atoms with E-state index in [0.717, 1.165) is 4.47 Å². The minimum atomic E-state index is -0.0303. The number of nitrogens with zero attached hydrogens (tertiary/aromatic N) is 1. The molecule has 100 valence electrons. The lowest BCUT2D eigenvalue weighted by atomic mass is 10.3. The van der Waals surface area contributed by atoms with E-state index in [1.807, 2.05) is 6.07 Å². The number of benzene rings is 1. The fourth-order valence-electron chi connectivity index (χ4n) is 1.66. The Morgan fingerprint density at radius 3 is 2.53 bits per heavy atom. The summed E-state index contributed by atoms with van der Waals surface area (Å²) in [4.78, 5) is 11.5. The van der Waals surface area contributed by atoms with Crippen LogP contribution in [0, 0.1) is 0 Å².